The highest BCUT2D eigenvalue weighted by molar-refractivity contribution is 6.07. The number of hydrogen-bond donors (Lipinski definition) is 3. The van der Waals surface area contributed by atoms with Gasteiger partial charge in [-0.2, -0.15) is 0 Å². The van der Waals surface area contributed by atoms with Crippen LogP contribution in [0, 0.1) is 12.7 Å². The van der Waals surface area contributed by atoms with Crippen LogP contribution in [0.4, 0.5) is 15.8 Å². The molecule has 0 radical (unpaired) electrons. The fraction of sp³-hybridized carbons (Fsp3) is 0.292. The van der Waals surface area contributed by atoms with E-state index in [0.29, 0.717) is 35.4 Å². The number of carbonyl (C=O) groups excluding carboxylic acids is 3. The van der Waals surface area contributed by atoms with Gasteiger partial charge < -0.3 is 20.6 Å². The van der Waals surface area contributed by atoms with Crippen molar-refractivity contribution < 1.29 is 23.9 Å². The Morgan fingerprint density at radius 3 is 2.69 bits per heavy atom. The van der Waals surface area contributed by atoms with Crippen molar-refractivity contribution in [3.8, 4) is 0 Å². The van der Waals surface area contributed by atoms with Crippen LogP contribution in [-0.2, 0) is 20.8 Å². The zero-order valence-corrected chi connectivity index (χ0v) is 17.7. The lowest BCUT2D eigenvalue weighted by Gasteiger charge is -2.30. The second-order valence-corrected chi connectivity index (χ2v) is 7.99. The third-order valence-corrected chi connectivity index (χ3v) is 5.89. The van der Waals surface area contributed by atoms with Crippen LogP contribution in [0.3, 0.4) is 0 Å². The molecule has 0 fully saturated rings. The standard InChI is InChI=1S/C24H24FN3O4/c1-14-10-16-4-7-23(31)28(8-9-29)21(16)12-20(14)27-24(32)19-13-26-22(30)11-18(19)15-2-5-17(25)6-3-15/h2-3,5-6,10,12-13,18,29H,4,7-9,11H2,1H3,(H,26,30)(H,27,32). The first-order valence-electron chi connectivity index (χ1n) is 10.5. The summed E-state index contributed by atoms with van der Waals surface area (Å²) in [4.78, 5) is 39.0. The highest BCUT2D eigenvalue weighted by atomic mass is 19.1. The number of benzene rings is 2. The molecule has 0 aromatic heterocycles. The summed E-state index contributed by atoms with van der Waals surface area (Å²) in [5, 5.41) is 14.8. The van der Waals surface area contributed by atoms with Gasteiger partial charge in [0.05, 0.1) is 6.61 Å². The van der Waals surface area contributed by atoms with Crippen LogP contribution in [-0.4, -0.2) is 36.0 Å². The fourth-order valence-corrected chi connectivity index (χ4v) is 4.22. The predicted octanol–water partition coefficient (Wildman–Crippen LogP) is 2.53. The molecule has 2 aromatic rings. The topological polar surface area (TPSA) is 98.7 Å². The Labute approximate surface area is 184 Å². The summed E-state index contributed by atoms with van der Waals surface area (Å²) in [5.41, 5.74) is 4.08. The van der Waals surface area contributed by atoms with E-state index in [1.165, 1.54) is 23.2 Å². The third kappa shape index (κ3) is 4.27. The van der Waals surface area contributed by atoms with Crippen molar-refractivity contribution in [3.05, 3.63) is 70.7 Å². The van der Waals surface area contributed by atoms with Crippen molar-refractivity contribution >= 4 is 29.1 Å². The molecule has 7 nitrogen and oxygen atoms in total. The van der Waals surface area contributed by atoms with Gasteiger partial charge >= 0.3 is 0 Å². The molecule has 2 aliphatic heterocycles. The van der Waals surface area contributed by atoms with E-state index in [-0.39, 0.29) is 31.4 Å². The molecule has 32 heavy (non-hydrogen) atoms. The van der Waals surface area contributed by atoms with Crippen LogP contribution in [0.5, 0.6) is 0 Å². The Morgan fingerprint density at radius 2 is 1.97 bits per heavy atom. The number of aliphatic hydroxyl groups excluding tert-OH is 1. The number of β-amino-alcohol motifs (C(OH)–C–C–N with tert-alkyl or cyclic N) is 1. The first-order valence-corrected chi connectivity index (χ1v) is 10.5. The van der Waals surface area contributed by atoms with Gasteiger partial charge in [0.25, 0.3) is 5.91 Å². The number of fused-ring (bicyclic) bond motifs is 1. The summed E-state index contributed by atoms with van der Waals surface area (Å²) in [6.07, 6.45) is 2.45. The van der Waals surface area contributed by atoms with Crippen molar-refractivity contribution in [2.45, 2.75) is 32.1 Å². The van der Waals surface area contributed by atoms with Crippen LogP contribution < -0.4 is 15.5 Å². The zero-order valence-electron chi connectivity index (χ0n) is 17.7. The van der Waals surface area contributed by atoms with Gasteiger partial charge in [0.2, 0.25) is 11.8 Å². The molecule has 0 saturated carbocycles. The van der Waals surface area contributed by atoms with Gasteiger partial charge in [-0.1, -0.05) is 18.2 Å². The summed E-state index contributed by atoms with van der Waals surface area (Å²) in [7, 11) is 0. The minimum absolute atomic E-state index is 0.0678. The van der Waals surface area contributed by atoms with E-state index in [1.54, 1.807) is 18.2 Å². The summed E-state index contributed by atoms with van der Waals surface area (Å²) in [5.74, 6) is -1.58. The van der Waals surface area contributed by atoms with Crippen molar-refractivity contribution in [2.75, 3.05) is 23.4 Å². The average molecular weight is 437 g/mol. The average Bonchev–Trinajstić information content (AvgIpc) is 2.77. The Morgan fingerprint density at radius 1 is 1.22 bits per heavy atom. The molecular weight excluding hydrogens is 413 g/mol. The first-order chi connectivity index (χ1) is 15.4. The molecule has 0 spiro atoms. The number of nitrogens with zero attached hydrogens (tertiary/aromatic N) is 1. The van der Waals surface area contributed by atoms with Gasteiger partial charge in [-0.15, -0.1) is 0 Å². The maximum absolute atomic E-state index is 13.4. The summed E-state index contributed by atoms with van der Waals surface area (Å²) in [6, 6.07) is 9.44. The van der Waals surface area contributed by atoms with Crippen molar-refractivity contribution in [3.63, 3.8) is 0 Å². The lowest BCUT2D eigenvalue weighted by atomic mass is 9.86. The maximum atomic E-state index is 13.4. The number of rotatable bonds is 5. The van der Waals surface area contributed by atoms with Crippen molar-refractivity contribution in [1.82, 2.24) is 5.32 Å². The summed E-state index contributed by atoms with van der Waals surface area (Å²) < 4.78 is 13.4. The van der Waals surface area contributed by atoms with E-state index >= 15 is 0 Å². The number of halogens is 1. The molecule has 0 saturated heterocycles. The van der Waals surface area contributed by atoms with Gasteiger partial charge in [0.1, 0.15) is 5.82 Å². The Balaban J connectivity index is 1.63. The van der Waals surface area contributed by atoms with Gasteiger partial charge in [-0.3, -0.25) is 14.4 Å². The quantitative estimate of drug-likeness (QED) is 0.670. The summed E-state index contributed by atoms with van der Waals surface area (Å²) >= 11 is 0. The number of carbonyl (C=O) groups is 3. The fourth-order valence-electron chi connectivity index (χ4n) is 4.22. The van der Waals surface area contributed by atoms with E-state index in [9.17, 15) is 23.9 Å². The molecule has 4 rings (SSSR count). The highest BCUT2D eigenvalue weighted by Crippen LogP contribution is 2.35. The largest absolute Gasteiger partial charge is 0.395 e. The van der Waals surface area contributed by atoms with Gasteiger partial charge in [0.15, 0.2) is 0 Å². The molecule has 2 heterocycles. The Kier molecular flexibility index (Phi) is 6.05. The molecule has 8 heteroatoms. The van der Waals surface area contributed by atoms with Crippen molar-refractivity contribution in [2.24, 2.45) is 0 Å². The van der Waals surface area contributed by atoms with Gasteiger partial charge in [0, 0.05) is 48.5 Å². The molecular formula is C24H24FN3O4. The summed E-state index contributed by atoms with van der Waals surface area (Å²) in [6.45, 7) is 1.90. The van der Waals surface area contributed by atoms with E-state index < -0.39 is 17.6 Å². The number of amides is 3. The second kappa shape index (κ2) is 8.92. The molecule has 2 aromatic carbocycles. The SMILES string of the molecule is Cc1cc2c(cc1NC(=O)C1=CNC(=O)CC1c1ccc(F)cc1)N(CCO)C(=O)CC2. The van der Waals surface area contributed by atoms with Crippen LogP contribution in [0.1, 0.15) is 35.4 Å². The van der Waals surface area contributed by atoms with E-state index in [0.717, 1.165) is 11.1 Å². The van der Waals surface area contributed by atoms with Crippen LogP contribution in [0.25, 0.3) is 0 Å². The normalized spacial score (nSPS) is 18.0. The van der Waals surface area contributed by atoms with E-state index in [2.05, 4.69) is 10.6 Å². The Hall–Kier alpha value is -3.52. The Bertz CT molecular complexity index is 1110. The molecule has 3 amide bonds. The monoisotopic (exact) mass is 437 g/mol. The molecule has 0 bridgehead atoms. The smallest absolute Gasteiger partial charge is 0.253 e. The minimum atomic E-state index is -0.505. The molecule has 2 aliphatic rings. The number of nitrogens with one attached hydrogen (secondary N) is 2. The minimum Gasteiger partial charge on any atom is -0.395 e. The van der Waals surface area contributed by atoms with Crippen molar-refractivity contribution in [1.29, 1.82) is 0 Å². The van der Waals surface area contributed by atoms with Crippen LogP contribution >= 0.6 is 0 Å². The second-order valence-electron chi connectivity index (χ2n) is 7.99. The van der Waals surface area contributed by atoms with E-state index in [4.69, 9.17) is 0 Å². The predicted molar refractivity (Wildman–Crippen MR) is 118 cm³/mol. The lowest BCUT2D eigenvalue weighted by Crippen LogP contribution is -2.37. The molecule has 3 N–H and O–H groups in total. The highest BCUT2D eigenvalue weighted by Gasteiger charge is 2.30. The number of aryl methyl sites for hydroxylation is 2. The van der Waals surface area contributed by atoms with Gasteiger partial charge in [-0.25, -0.2) is 4.39 Å². The molecule has 1 unspecified atom stereocenters. The van der Waals surface area contributed by atoms with E-state index in [1.807, 2.05) is 13.0 Å². The van der Waals surface area contributed by atoms with Gasteiger partial charge in [-0.05, 0) is 48.2 Å². The van der Waals surface area contributed by atoms with Crippen LogP contribution in [0.2, 0.25) is 0 Å². The molecule has 0 aliphatic carbocycles. The molecule has 1 atom stereocenters. The maximum Gasteiger partial charge on any atom is 0.253 e. The molecule has 166 valence electrons. The first kappa shape index (κ1) is 21.7. The number of anilines is 2. The zero-order chi connectivity index (χ0) is 22.8. The number of aliphatic hydroxyl groups is 1. The number of hydrogen-bond acceptors (Lipinski definition) is 4. The van der Waals surface area contributed by atoms with Crippen LogP contribution in [0.15, 0.2) is 48.2 Å². The third-order valence-electron chi connectivity index (χ3n) is 5.89. The lowest BCUT2D eigenvalue weighted by molar-refractivity contribution is -0.121.